The van der Waals surface area contributed by atoms with Gasteiger partial charge in [0.2, 0.25) is 11.0 Å². The van der Waals surface area contributed by atoms with Crippen LogP contribution >= 0.6 is 35.2 Å². The van der Waals surface area contributed by atoms with Gasteiger partial charge in [-0.15, -0.1) is 11.3 Å². The predicted octanol–water partition coefficient (Wildman–Crippen LogP) is 3.79. The highest BCUT2D eigenvalue weighted by atomic mass is 35.5. The Hall–Kier alpha value is -2.88. The molecule has 0 saturated carbocycles. The fourth-order valence-electron chi connectivity index (χ4n) is 3.99. The van der Waals surface area contributed by atoms with Crippen LogP contribution < -0.4 is 10.2 Å². The predicted molar refractivity (Wildman–Crippen MR) is 138 cm³/mol. The van der Waals surface area contributed by atoms with Crippen molar-refractivity contribution in [2.75, 3.05) is 31.1 Å². The lowest BCUT2D eigenvalue weighted by atomic mass is 9.96. The van der Waals surface area contributed by atoms with Crippen molar-refractivity contribution in [1.82, 2.24) is 15.2 Å². The van der Waals surface area contributed by atoms with Gasteiger partial charge in [-0.3, -0.25) is 4.79 Å². The molecule has 10 heteroatoms. The number of thiazole rings is 1. The second kappa shape index (κ2) is 9.54. The van der Waals surface area contributed by atoms with Gasteiger partial charge in [0.25, 0.3) is 0 Å². The molecule has 3 heterocycles. The number of aliphatic imine (C=N–C) groups is 2. The first-order valence-electron chi connectivity index (χ1n) is 10.6. The smallest absolute Gasteiger partial charge is 0.228 e. The largest absolute Gasteiger partial charge is 0.368 e. The van der Waals surface area contributed by atoms with E-state index in [1.54, 1.807) is 0 Å². The van der Waals surface area contributed by atoms with Crippen LogP contribution in [0.3, 0.4) is 0 Å². The van der Waals surface area contributed by atoms with E-state index in [1.807, 2.05) is 58.8 Å². The van der Waals surface area contributed by atoms with E-state index in [0.29, 0.717) is 29.2 Å². The van der Waals surface area contributed by atoms with E-state index >= 15 is 0 Å². The molecular weight excluding hydrogens is 476 g/mol. The minimum Gasteiger partial charge on any atom is -0.368 e. The molecule has 1 saturated heterocycles. The molecule has 0 bridgehead atoms. The number of piperazine rings is 1. The van der Waals surface area contributed by atoms with Crippen LogP contribution in [-0.4, -0.2) is 58.6 Å². The highest BCUT2D eigenvalue weighted by Crippen LogP contribution is 2.24. The van der Waals surface area contributed by atoms with Crippen molar-refractivity contribution < 1.29 is 4.79 Å². The van der Waals surface area contributed by atoms with Gasteiger partial charge in [0.15, 0.2) is 5.11 Å². The van der Waals surface area contributed by atoms with Crippen molar-refractivity contribution in [2.45, 2.75) is 6.42 Å². The van der Waals surface area contributed by atoms with Gasteiger partial charge in [-0.1, -0.05) is 35.9 Å². The molecule has 3 aliphatic rings. The number of hydrogen-bond acceptors (Lipinski definition) is 6. The van der Waals surface area contributed by atoms with Crippen molar-refractivity contribution in [3.05, 3.63) is 64.7 Å². The summed E-state index contributed by atoms with van der Waals surface area (Å²) >= 11 is 12.8. The SMILES string of the molecule is O=C(Cc1csc(/N=C2\NC(=S)N=C3C=CC=CC32)n1)N1CCN(c2cccc(Cl)c2)CC1. The maximum Gasteiger partial charge on any atom is 0.228 e. The fourth-order valence-corrected chi connectivity index (χ4v) is 5.08. The number of hydrogen-bond donors (Lipinski definition) is 1. The summed E-state index contributed by atoms with van der Waals surface area (Å²) in [5.41, 5.74) is 2.68. The minimum absolute atomic E-state index is 0.0635. The van der Waals surface area contributed by atoms with Crippen molar-refractivity contribution >= 4 is 68.5 Å². The highest BCUT2D eigenvalue weighted by molar-refractivity contribution is 7.80. The number of carbonyl (C=O) groups excluding carboxylic acids is 1. The average Bonchev–Trinajstić information content (AvgIpc) is 3.25. The Balaban J connectivity index is 1.20. The summed E-state index contributed by atoms with van der Waals surface area (Å²) in [6.07, 6.45) is 8.12. The van der Waals surface area contributed by atoms with Gasteiger partial charge in [-0.25, -0.2) is 15.0 Å². The van der Waals surface area contributed by atoms with Crippen LogP contribution in [0.5, 0.6) is 0 Å². The monoisotopic (exact) mass is 496 g/mol. The minimum atomic E-state index is -0.0635. The standard InChI is InChI=1S/C23H21ClN6OS2/c24-15-4-3-5-17(12-15)29-8-10-30(11-9-29)20(31)13-16-14-33-23(25-16)28-21-18-6-1-2-7-19(18)26-22(32)27-21/h1-7,12,14,18H,8-11,13H2,(H,25,27,28,32). The first-order chi connectivity index (χ1) is 16.0. The number of nitrogens with zero attached hydrogens (tertiary/aromatic N) is 5. The molecule has 168 valence electrons. The van der Waals surface area contributed by atoms with Gasteiger partial charge in [0, 0.05) is 42.3 Å². The molecule has 2 aliphatic heterocycles. The van der Waals surface area contributed by atoms with E-state index in [9.17, 15) is 4.79 Å². The van der Waals surface area contributed by atoms with E-state index in [2.05, 4.69) is 25.2 Å². The van der Waals surface area contributed by atoms with Crippen molar-refractivity contribution in [2.24, 2.45) is 15.9 Å². The van der Waals surface area contributed by atoms with E-state index in [1.165, 1.54) is 11.3 Å². The average molecular weight is 497 g/mol. The topological polar surface area (TPSA) is 73.2 Å². The lowest BCUT2D eigenvalue weighted by molar-refractivity contribution is -0.130. The maximum absolute atomic E-state index is 12.8. The van der Waals surface area contributed by atoms with E-state index in [4.69, 9.17) is 23.8 Å². The normalized spacial score (nSPS) is 21.1. The molecule has 1 aromatic carbocycles. The fraction of sp³-hybridized carbons (Fsp3) is 0.261. The number of nitrogens with one attached hydrogen (secondary N) is 1. The van der Waals surface area contributed by atoms with Gasteiger partial charge >= 0.3 is 0 Å². The molecule has 7 nitrogen and oxygen atoms in total. The molecule has 2 aromatic rings. The zero-order chi connectivity index (χ0) is 22.8. The maximum atomic E-state index is 12.8. The number of anilines is 1. The van der Waals surface area contributed by atoms with Crippen LogP contribution in [0.1, 0.15) is 5.69 Å². The number of allylic oxidation sites excluding steroid dienone is 3. The summed E-state index contributed by atoms with van der Waals surface area (Å²) < 4.78 is 0. The second-order valence-corrected chi connectivity index (χ2v) is 9.49. The second-order valence-electron chi connectivity index (χ2n) is 7.83. The molecule has 0 spiro atoms. The molecule has 1 aliphatic carbocycles. The summed E-state index contributed by atoms with van der Waals surface area (Å²) in [5, 5.41) is 6.68. The number of halogens is 1. The van der Waals surface area contributed by atoms with Crippen molar-refractivity contribution in [3.8, 4) is 0 Å². The zero-order valence-corrected chi connectivity index (χ0v) is 20.0. The quantitative estimate of drug-likeness (QED) is 0.652. The molecule has 1 unspecified atom stereocenters. The van der Waals surface area contributed by atoms with Crippen LogP contribution in [0.15, 0.2) is 63.9 Å². The summed E-state index contributed by atoms with van der Waals surface area (Å²) in [6.45, 7) is 2.91. The first-order valence-corrected chi connectivity index (χ1v) is 12.3. The van der Waals surface area contributed by atoms with Gasteiger partial charge in [0.1, 0.15) is 5.84 Å². The number of rotatable bonds is 4. The summed E-state index contributed by atoms with van der Waals surface area (Å²) in [7, 11) is 0. The molecule has 1 aromatic heterocycles. The number of thiocarbonyl (C=S) groups is 1. The number of aromatic nitrogens is 1. The Morgan fingerprint density at radius 2 is 2.12 bits per heavy atom. The molecule has 0 radical (unpaired) electrons. The van der Waals surface area contributed by atoms with Crippen LogP contribution in [0, 0.1) is 5.92 Å². The van der Waals surface area contributed by atoms with E-state index < -0.39 is 0 Å². The van der Waals surface area contributed by atoms with E-state index in [-0.39, 0.29) is 18.2 Å². The summed E-state index contributed by atoms with van der Waals surface area (Å²) in [6, 6.07) is 7.82. The highest BCUT2D eigenvalue weighted by Gasteiger charge is 2.26. The lowest BCUT2D eigenvalue weighted by Gasteiger charge is -2.36. The number of carbonyl (C=O) groups is 1. The molecule has 1 N–H and O–H groups in total. The van der Waals surface area contributed by atoms with Gasteiger partial charge in [-0.05, 0) is 36.5 Å². The Bertz CT molecular complexity index is 1210. The third kappa shape index (κ3) is 5.05. The van der Waals surface area contributed by atoms with Crippen LogP contribution in [0.25, 0.3) is 0 Å². The number of fused-ring (bicyclic) bond motifs is 1. The van der Waals surface area contributed by atoms with Gasteiger partial charge < -0.3 is 15.1 Å². The third-order valence-electron chi connectivity index (χ3n) is 5.65. The Morgan fingerprint density at radius 3 is 2.94 bits per heavy atom. The first kappa shape index (κ1) is 21.9. The number of benzene rings is 1. The molecule has 1 fully saturated rings. The number of amides is 1. The summed E-state index contributed by atoms with van der Waals surface area (Å²) in [5.74, 6) is 0.721. The zero-order valence-electron chi connectivity index (χ0n) is 17.6. The van der Waals surface area contributed by atoms with Gasteiger partial charge in [-0.2, -0.15) is 0 Å². The Kier molecular flexibility index (Phi) is 6.34. The van der Waals surface area contributed by atoms with Crippen LogP contribution in [-0.2, 0) is 11.2 Å². The van der Waals surface area contributed by atoms with Crippen LogP contribution in [0.2, 0.25) is 5.02 Å². The Labute approximate surface area is 206 Å². The third-order valence-corrected chi connectivity index (χ3v) is 6.87. The Morgan fingerprint density at radius 1 is 1.27 bits per heavy atom. The lowest BCUT2D eigenvalue weighted by Crippen LogP contribution is -2.49. The number of amidine groups is 1. The van der Waals surface area contributed by atoms with Gasteiger partial charge in [0.05, 0.1) is 23.7 Å². The van der Waals surface area contributed by atoms with Crippen molar-refractivity contribution in [1.29, 1.82) is 0 Å². The molecule has 33 heavy (non-hydrogen) atoms. The van der Waals surface area contributed by atoms with Crippen molar-refractivity contribution in [3.63, 3.8) is 0 Å². The molecule has 5 rings (SSSR count). The van der Waals surface area contributed by atoms with Crippen LogP contribution in [0.4, 0.5) is 10.8 Å². The molecular formula is C23H21ClN6OS2. The van der Waals surface area contributed by atoms with E-state index in [0.717, 1.165) is 35.2 Å². The summed E-state index contributed by atoms with van der Waals surface area (Å²) in [4.78, 5) is 30.6. The molecule has 1 amide bonds. The molecule has 1 atom stereocenters.